The maximum absolute atomic E-state index is 14.0. The molecule has 0 fully saturated rings. The van der Waals surface area contributed by atoms with Crippen molar-refractivity contribution in [2.24, 2.45) is 0 Å². The summed E-state index contributed by atoms with van der Waals surface area (Å²) in [6.45, 7) is 1.95. The average Bonchev–Trinajstić information content (AvgIpc) is 2.31. The molecule has 0 radical (unpaired) electrons. The van der Waals surface area contributed by atoms with Gasteiger partial charge in [0.1, 0.15) is 11.0 Å². The minimum Gasteiger partial charge on any atom is -0.244 e. The van der Waals surface area contributed by atoms with Crippen molar-refractivity contribution < 1.29 is 4.39 Å². The van der Waals surface area contributed by atoms with Gasteiger partial charge in [0.2, 0.25) is 0 Å². The van der Waals surface area contributed by atoms with E-state index >= 15 is 0 Å². The van der Waals surface area contributed by atoms with Gasteiger partial charge < -0.3 is 0 Å². The molecule has 1 nitrogen and oxygen atoms in total. The van der Waals surface area contributed by atoms with Crippen molar-refractivity contribution >= 4 is 33.1 Å². The Bertz CT molecular complexity index is 737. The van der Waals surface area contributed by atoms with Gasteiger partial charge in [0.05, 0.1) is 0 Å². The Kier molecular flexibility index (Phi) is 2.26. The lowest BCUT2D eigenvalue weighted by Crippen LogP contribution is -1.86. The molecule has 17 heavy (non-hydrogen) atoms. The van der Waals surface area contributed by atoms with E-state index in [0.717, 1.165) is 16.3 Å². The number of aromatic nitrogens is 1. The molecule has 84 valence electrons. The highest BCUT2D eigenvalue weighted by atomic mass is 35.5. The molecule has 0 saturated carbocycles. The van der Waals surface area contributed by atoms with E-state index in [1.807, 2.05) is 31.2 Å². The second kappa shape index (κ2) is 3.67. The van der Waals surface area contributed by atoms with Gasteiger partial charge in [0.25, 0.3) is 0 Å². The summed E-state index contributed by atoms with van der Waals surface area (Å²) in [5.41, 5.74) is 1.04. The van der Waals surface area contributed by atoms with Crippen LogP contribution >= 0.6 is 11.6 Å². The molecular weight excluding hydrogens is 237 g/mol. The van der Waals surface area contributed by atoms with Gasteiger partial charge >= 0.3 is 0 Å². The lowest BCUT2D eigenvalue weighted by molar-refractivity contribution is 0.641. The Hall–Kier alpha value is -1.67. The number of halogens is 2. The van der Waals surface area contributed by atoms with Crippen LogP contribution in [-0.4, -0.2) is 4.98 Å². The fourth-order valence-electron chi connectivity index (χ4n) is 2.11. The van der Waals surface area contributed by atoms with Crippen LogP contribution in [0.2, 0.25) is 5.15 Å². The van der Waals surface area contributed by atoms with E-state index in [1.165, 1.54) is 6.07 Å². The van der Waals surface area contributed by atoms with E-state index in [9.17, 15) is 4.39 Å². The zero-order chi connectivity index (χ0) is 12.0. The van der Waals surface area contributed by atoms with Crippen LogP contribution in [0, 0.1) is 12.7 Å². The van der Waals surface area contributed by atoms with Crippen LogP contribution in [0.25, 0.3) is 21.5 Å². The standard InChI is InChI=1S/C14H9ClFN/c1-8-2-3-9-10-4-5-17-14(15)12(10)7-13(16)11(9)6-8/h2-7H,1H3. The van der Waals surface area contributed by atoms with Crippen LogP contribution in [-0.2, 0) is 0 Å². The number of fused-ring (bicyclic) bond motifs is 3. The molecule has 3 aromatic rings. The molecule has 2 aromatic carbocycles. The summed E-state index contributed by atoms with van der Waals surface area (Å²) in [6, 6.07) is 9.05. The molecule has 0 saturated heterocycles. The molecule has 0 aliphatic heterocycles. The van der Waals surface area contributed by atoms with Gasteiger partial charge in [-0.2, -0.15) is 0 Å². The van der Waals surface area contributed by atoms with E-state index in [0.29, 0.717) is 15.9 Å². The first-order valence-electron chi connectivity index (χ1n) is 5.30. The summed E-state index contributed by atoms with van der Waals surface area (Å²) in [6.07, 6.45) is 1.64. The van der Waals surface area contributed by atoms with Crippen molar-refractivity contribution in [1.29, 1.82) is 0 Å². The monoisotopic (exact) mass is 245 g/mol. The largest absolute Gasteiger partial charge is 0.244 e. The van der Waals surface area contributed by atoms with Crippen molar-refractivity contribution in [1.82, 2.24) is 4.98 Å². The topological polar surface area (TPSA) is 12.9 Å². The number of benzene rings is 2. The molecular formula is C14H9ClFN. The van der Waals surface area contributed by atoms with Crippen molar-refractivity contribution in [3.05, 3.63) is 53.1 Å². The average molecular weight is 246 g/mol. The third kappa shape index (κ3) is 1.56. The van der Waals surface area contributed by atoms with Crippen LogP contribution in [0.4, 0.5) is 4.39 Å². The van der Waals surface area contributed by atoms with Gasteiger partial charge in [0.15, 0.2) is 0 Å². The van der Waals surface area contributed by atoms with Crippen molar-refractivity contribution in [2.45, 2.75) is 6.92 Å². The number of nitrogens with zero attached hydrogens (tertiary/aromatic N) is 1. The van der Waals surface area contributed by atoms with Gasteiger partial charge in [-0.25, -0.2) is 9.37 Å². The summed E-state index contributed by atoms with van der Waals surface area (Å²) in [4.78, 5) is 3.97. The predicted molar refractivity (Wildman–Crippen MR) is 69.0 cm³/mol. The maximum atomic E-state index is 14.0. The molecule has 0 spiro atoms. The molecule has 0 amide bonds. The lowest BCUT2D eigenvalue weighted by atomic mass is 10.0. The summed E-state index contributed by atoms with van der Waals surface area (Å²) in [7, 11) is 0. The molecule has 0 bridgehead atoms. The number of hydrogen-bond acceptors (Lipinski definition) is 1. The molecule has 1 aromatic heterocycles. The smallest absolute Gasteiger partial charge is 0.136 e. The Morgan fingerprint density at radius 3 is 2.59 bits per heavy atom. The highest BCUT2D eigenvalue weighted by Crippen LogP contribution is 2.31. The molecule has 3 heteroatoms. The van der Waals surface area contributed by atoms with Crippen LogP contribution in [0.3, 0.4) is 0 Å². The van der Waals surface area contributed by atoms with E-state index < -0.39 is 0 Å². The first-order chi connectivity index (χ1) is 8.16. The van der Waals surface area contributed by atoms with Gasteiger partial charge in [-0.1, -0.05) is 29.3 Å². The summed E-state index contributed by atoms with van der Waals surface area (Å²) < 4.78 is 14.0. The van der Waals surface area contributed by atoms with Crippen molar-refractivity contribution in [2.75, 3.05) is 0 Å². The zero-order valence-electron chi connectivity index (χ0n) is 9.17. The van der Waals surface area contributed by atoms with Gasteiger partial charge in [-0.05, 0) is 35.9 Å². The summed E-state index contributed by atoms with van der Waals surface area (Å²) >= 11 is 5.98. The lowest BCUT2D eigenvalue weighted by Gasteiger charge is -2.07. The minimum absolute atomic E-state index is 0.258. The van der Waals surface area contributed by atoms with Crippen LogP contribution in [0.1, 0.15) is 5.56 Å². The van der Waals surface area contributed by atoms with Gasteiger partial charge in [-0.15, -0.1) is 0 Å². The molecule has 0 aliphatic rings. The Balaban J connectivity index is 2.60. The fraction of sp³-hybridized carbons (Fsp3) is 0.0714. The normalized spacial score (nSPS) is 11.2. The van der Waals surface area contributed by atoms with E-state index in [-0.39, 0.29) is 5.82 Å². The van der Waals surface area contributed by atoms with Crippen LogP contribution < -0.4 is 0 Å². The molecule has 0 N–H and O–H groups in total. The number of pyridine rings is 1. The first kappa shape index (κ1) is 10.5. The highest BCUT2D eigenvalue weighted by Gasteiger charge is 2.09. The van der Waals surface area contributed by atoms with Crippen LogP contribution in [0.15, 0.2) is 36.5 Å². The third-order valence-electron chi connectivity index (χ3n) is 2.94. The third-order valence-corrected chi connectivity index (χ3v) is 3.24. The fourth-order valence-corrected chi connectivity index (χ4v) is 2.33. The van der Waals surface area contributed by atoms with E-state index in [1.54, 1.807) is 6.20 Å². The molecule has 1 heterocycles. The van der Waals surface area contributed by atoms with E-state index in [2.05, 4.69) is 4.98 Å². The van der Waals surface area contributed by atoms with Crippen molar-refractivity contribution in [3.8, 4) is 0 Å². The Morgan fingerprint density at radius 2 is 1.76 bits per heavy atom. The maximum Gasteiger partial charge on any atom is 0.136 e. The zero-order valence-corrected chi connectivity index (χ0v) is 9.92. The molecule has 0 atom stereocenters. The second-order valence-corrected chi connectivity index (χ2v) is 4.46. The van der Waals surface area contributed by atoms with Gasteiger partial charge in [0, 0.05) is 17.0 Å². The Morgan fingerprint density at radius 1 is 1.00 bits per heavy atom. The molecule has 0 aliphatic carbocycles. The highest BCUT2D eigenvalue weighted by molar-refractivity contribution is 6.35. The summed E-state index contributed by atoms with van der Waals surface area (Å²) in [5.74, 6) is -0.258. The molecule has 3 rings (SSSR count). The first-order valence-corrected chi connectivity index (χ1v) is 5.68. The number of rotatable bonds is 0. The number of hydrogen-bond donors (Lipinski definition) is 0. The SMILES string of the molecule is Cc1ccc2c(c1)c(F)cc1c(Cl)nccc12. The Labute approximate surface area is 103 Å². The minimum atomic E-state index is -0.258. The molecule has 0 unspecified atom stereocenters. The van der Waals surface area contributed by atoms with Crippen LogP contribution in [0.5, 0.6) is 0 Å². The predicted octanol–water partition coefficient (Wildman–Crippen LogP) is 4.49. The summed E-state index contributed by atoms with van der Waals surface area (Å²) in [5, 5.41) is 3.42. The van der Waals surface area contributed by atoms with E-state index in [4.69, 9.17) is 11.6 Å². The second-order valence-electron chi connectivity index (χ2n) is 4.10. The van der Waals surface area contributed by atoms with Gasteiger partial charge in [-0.3, -0.25) is 0 Å². The number of aryl methyl sites for hydroxylation is 1. The quantitative estimate of drug-likeness (QED) is 0.420. The van der Waals surface area contributed by atoms with Crippen molar-refractivity contribution in [3.63, 3.8) is 0 Å².